The van der Waals surface area contributed by atoms with Crippen LogP contribution in [0.15, 0.2) is 18.2 Å². The number of carbonyl (C=O) groups excluding carboxylic acids is 1. The average Bonchev–Trinajstić information content (AvgIpc) is 2.34. The van der Waals surface area contributed by atoms with Crippen molar-refractivity contribution < 1.29 is 4.79 Å². The van der Waals surface area contributed by atoms with Crippen molar-refractivity contribution >= 4 is 11.7 Å². The van der Waals surface area contributed by atoms with Gasteiger partial charge in [0, 0.05) is 24.3 Å². The minimum absolute atomic E-state index is 0.124. The fraction of sp³-hybridized carbons (Fsp3) is 0.533. The second kappa shape index (κ2) is 5.51. The van der Waals surface area contributed by atoms with Crippen molar-refractivity contribution in [2.24, 2.45) is 0 Å². The Labute approximate surface area is 115 Å². The molecule has 0 saturated heterocycles. The molecule has 0 saturated carbocycles. The van der Waals surface area contributed by atoms with Gasteiger partial charge in [0.1, 0.15) is 0 Å². The van der Waals surface area contributed by atoms with E-state index in [9.17, 15) is 4.79 Å². The number of aryl methyl sites for hydroxylation is 1. The molecule has 0 aliphatic carbocycles. The fourth-order valence-corrected chi connectivity index (χ4v) is 2.29. The second-order valence-electron chi connectivity index (χ2n) is 6.04. The zero-order chi connectivity index (χ0) is 13.9. The van der Waals surface area contributed by atoms with E-state index in [1.54, 1.807) is 0 Å². The molecule has 3 N–H and O–H groups in total. The maximum atomic E-state index is 11.8. The van der Waals surface area contributed by atoms with Gasteiger partial charge in [-0.25, -0.2) is 4.79 Å². The number of amides is 2. The Bertz CT molecular complexity index is 463. The van der Waals surface area contributed by atoms with E-state index in [2.05, 4.69) is 34.1 Å². The number of fused-ring (bicyclic) bond motifs is 1. The highest BCUT2D eigenvalue weighted by molar-refractivity contribution is 5.75. The predicted octanol–water partition coefficient (Wildman–Crippen LogP) is 2.64. The summed E-state index contributed by atoms with van der Waals surface area (Å²) in [6.07, 6.45) is 2.29. The normalized spacial score (nSPS) is 14.3. The van der Waals surface area contributed by atoms with Crippen molar-refractivity contribution in [3.05, 3.63) is 29.3 Å². The molecule has 1 heterocycles. The van der Waals surface area contributed by atoms with E-state index in [4.69, 9.17) is 0 Å². The van der Waals surface area contributed by atoms with Crippen LogP contribution in [-0.2, 0) is 13.0 Å². The van der Waals surface area contributed by atoms with Gasteiger partial charge in [0.2, 0.25) is 0 Å². The third kappa shape index (κ3) is 3.88. The van der Waals surface area contributed by atoms with Gasteiger partial charge in [-0.05, 0) is 44.7 Å². The molecule has 0 fully saturated rings. The van der Waals surface area contributed by atoms with Crippen LogP contribution in [0, 0.1) is 0 Å². The van der Waals surface area contributed by atoms with Gasteiger partial charge in [0.25, 0.3) is 0 Å². The largest absolute Gasteiger partial charge is 0.385 e. The van der Waals surface area contributed by atoms with Crippen molar-refractivity contribution in [3.8, 4) is 0 Å². The number of hydrogen-bond acceptors (Lipinski definition) is 2. The number of benzene rings is 1. The first kappa shape index (κ1) is 13.7. The first-order chi connectivity index (χ1) is 8.96. The lowest BCUT2D eigenvalue weighted by atomic mass is 9.99. The molecule has 4 heteroatoms. The molecule has 0 aromatic heterocycles. The van der Waals surface area contributed by atoms with Gasteiger partial charge in [-0.3, -0.25) is 0 Å². The number of anilines is 1. The molecule has 0 spiro atoms. The summed E-state index contributed by atoms with van der Waals surface area (Å²) in [4.78, 5) is 11.8. The van der Waals surface area contributed by atoms with Gasteiger partial charge in [0.05, 0.1) is 0 Å². The van der Waals surface area contributed by atoms with E-state index in [0.717, 1.165) is 18.5 Å². The van der Waals surface area contributed by atoms with Gasteiger partial charge in [-0.1, -0.05) is 18.2 Å². The number of carbonyl (C=O) groups is 1. The Morgan fingerprint density at radius 1 is 1.37 bits per heavy atom. The molecule has 1 aliphatic rings. The molecule has 0 bridgehead atoms. The van der Waals surface area contributed by atoms with Crippen LogP contribution >= 0.6 is 0 Å². The molecule has 0 radical (unpaired) electrons. The van der Waals surface area contributed by atoms with E-state index in [-0.39, 0.29) is 11.6 Å². The third-order valence-corrected chi connectivity index (χ3v) is 3.09. The van der Waals surface area contributed by atoms with Crippen LogP contribution in [0.4, 0.5) is 10.5 Å². The maximum absolute atomic E-state index is 11.8. The summed E-state index contributed by atoms with van der Waals surface area (Å²) in [6.45, 7) is 7.48. The van der Waals surface area contributed by atoms with Crippen molar-refractivity contribution in [1.29, 1.82) is 0 Å². The second-order valence-corrected chi connectivity index (χ2v) is 6.04. The quantitative estimate of drug-likeness (QED) is 0.766. The third-order valence-electron chi connectivity index (χ3n) is 3.09. The smallest absolute Gasteiger partial charge is 0.315 e. The predicted molar refractivity (Wildman–Crippen MR) is 78.4 cm³/mol. The number of rotatable bonds is 2. The number of hydrogen-bond donors (Lipinski definition) is 3. The van der Waals surface area contributed by atoms with E-state index in [1.165, 1.54) is 17.7 Å². The zero-order valence-electron chi connectivity index (χ0n) is 12.0. The SMILES string of the molecule is CC(C)(C)NC(=O)NCc1cccc2c1NCCC2. The fourth-order valence-electron chi connectivity index (χ4n) is 2.29. The maximum Gasteiger partial charge on any atom is 0.315 e. The van der Waals surface area contributed by atoms with Crippen LogP contribution < -0.4 is 16.0 Å². The Kier molecular flexibility index (Phi) is 3.98. The highest BCUT2D eigenvalue weighted by Gasteiger charge is 2.15. The molecular weight excluding hydrogens is 238 g/mol. The summed E-state index contributed by atoms with van der Waals surface area (Å²) in [5.41, 5.74) is 3.49. The highest BCUT2D eigenvalue weighted by Crippen LogP contribution is 2.25. The molecule has 2 rings (SSSR count). The monoisotopic (exact) mass is 261 g/mol. The summed E-state index contributed by atoms with van der Waals surface area (Å²) in [5, 5.41) is 9.25. The van der Waals surface area contributed by atoms with Crippen molar-refractivity contribution in [2.75, 3.05) is 11.9 Å². The highest BCUT2D eigenvalue weighted by atomic mass is 16.2. The first-order valence-corrected chi connectivity index (χ1v) is 6.86. The molecule has 4 nitrogen and oxygen atoms in total. The summed E-state index contributed by atoms with van der Waals surface area (Å²) < 4.78 is 0. The van der Waals surface area contributed by atoms with Crippen LogP contribution in [0.1, 0.15) is 38.3 Å². The lowest BCUT2D eigenvalue weighted by Gasteiger charge is -2.23. The van der Waals surface area contributed by atoms with Gasteiger partial charge in [0.15, 0.2) is 0 Å². The van der Waals surface area contributed by atoms with Crippen molar-refractivity contribution in [1.82, 2.24) is 10.6 Å². The van der Waals surface area contributed by atoms with Crippen LogP contribution in [-0.4, -0.2) is 18.1 Å². The van der Waals surface area contributed by atoms with Gasteiger partial charge >= 0.3 is 6.03 Å². The average molecular weight is 261 g/mol. The minimum atomic E-state index is -0.210. The lowest BCUT2D eigenvalue weighted by Crippen LogP contribution is -2.46. The molecule has 0 atom stereocenters. The minimum Gasteiger partial charge on any atom is -0.385 e. The summed E-state index contributed by atoms with van der Waals surface area (Å²) in [7, 11) is 0. The molecule has 104 valence electrons. The Morgan fingerprint density at radius 3 is 2.89 bits per heavy atom. The number of urea groups is 1. The van der Waals surface area contributed by atoms with Crippen LogP contribution in [0.2, 0.25) is 0 Å². The Balaban J connectivity index is 1.98. The summed E-state index contributed by atoms with van der Waals surface area (Å²) in [5.74, 6) is 0. The van der Waals surface area contributed by atoms with E-state index in [0.29, 0.717) is 6.54 Å². The molecule has 1 aliphatic heterocycles. The Morgan fingerprint density at radius 2 is 2.16 bits per heavy atom. The molecule has 2 amide bonds. The molecule has 1 aromatic rings. The van der Waals surface area contributed by atoms with Gasteiger partial charge in [-0.2, -0.15) is 0 Å². The standard InChI is InChI=1S/C15H23N3O/c1-15(2,3)18-14(19)17-10-12-7-4-6-11-8-5-9-16-13(11)12/h4,6-7,16H,5,8-10H2,1-3H3,(H2,17,18,19). The van der Waals surface area contributed by atoms with Crippen LogP contribution in [0.25, 0.3) is 0 Å². The van der Waals surface area contributed by atoms with Gasteiger partial charge < -0.3 is 16.0 Å². The van der Waals surface area contributed by atoms with Crippen LogP contribution in [0.3, 0.4) is 0 Å². The van der Waals surface area contributed by atoms with E-state index >= 15 is 0 Å². The van der Waals surface area contributed by atoms with E-state index in [1.807, 2.05) is 20.8 Å². The number of nitrogens with one attached hydrogen (secondary N) is 3. The summed E-state index contributed by atoms with van der Waals surface area (Å²) >= 11 is 0. The zero-order valence-corrected chi connectivity index (χ0v) is 12.0. The summed E-state index contributed by atoms with van der Waals surface area (Å²) in [6, 6.07) is 6.15. The van der Waals surface area contributed by atoms with Crippen molar-refractivity contribution in [3.63, 3.8) is 0 Å². The topological polar surface area (TPSA) is 53.2 Å². The van der Waals surface area contributed by atoms with Crippen LogP contribution in [0.5, 0.6) is 0 Å². The Hall–Kier alpha value is -1.71. The molecule has 19 heavy (non-hydrogen) atoms. The molecule has 0 unspecified atom stereocenters. The van der Waals surface area contributed by atoms with Gasteiger partial charge in [-0.15, -0.1) is 0 Å². The van der Waals surface area contributed by atoms with Crippen molar-refractivity contribution in [2.45, 2.75) is 45.7 Å². The molecule has 1 aromatic carbocycles. The number of para-hydroxylation sites is 1. The van der Waals surface area contributed by atoms with E-state index < -0.39 is 0 Å². The first-order valence-electron chi connectivity index (χ1n) is 6.86. The molecular formula is C15H23N3O. The lowest BCUT2D eigenvalue weighted by molar-refractivity contribution is 0.231.